The van der Waals surface area contributed by atoms with E-state index in [0.717, 1.165) is 11.1 Å². The molecule has 1 aromatic carbocycles. The van der Waals surface area contributed by atoms with E-state index in [1.54, 1.807) is 13.8 Å². The van der Waals surface area contributed by atoms with Gasteiger partial charge in [-0.3, -0.25) is 14.2 Å². The van der Waals surface area contributed by atoms with Crippen molar-refractivity contribution in [2.75, 3.05) is 32.5 Å². The summed E-state index contributed by atoms with van der Waals surface area (Å²) in [5, 5.41) is 26.3. The van der Waals surface area contributed by atoms with Gasteiger partial charge in [0.05, 0.1) is 25.9 Å². The maximum absolute atomic E-state index is 12.7. The third-order valence-corrected chi connectivity index (χ3v) is 6.95. The van der Waals surface area contributed by atoms with Crippen LogP contribution in [0.2, 0.25) is 0 Å². The van der Waals surface area contributed by atoms with E-state index in [1.165, 1.54) is 0 Å². The first-order valence-corrected chi connectivity index (χ1v) is 13.5. The lowest BCUT2D eigenvalue weighted by Crippen LogP contribution is -2.50. The Morgan fingerprint density at radius 1 is 1.09 bits per heavy atom. The van der Waals surface area contributed by atoms with Gasteiger partial charge in [0.2, 0.25) is 11.8 Å². The van der Waals surface area contributed by atoms with E-state index in [-0.39, 0.29) is 38.9 Å². The van der Waals surface area contributed by atoms with Gasteiger partial charge in [-0.15, -0.1) is 0 Å². The second-order valence-corrected chi connectivity index (χ2v) is 10.1. The fourth-order valence-corrected chi connectivity index (χ4v) is 4.97. The molecule has 1 aromatic rings. The Morgan fingerprint density at radius 3 is 2.34 bits per heavy atom. The maximum atomic E-state index is 12.7. The molecule has 3 amide bonds. The molecule has 0 radical (unpaired) electrons. The molecule has 12 heteroatoms. The number of rotatable bonds is 17. The molecule has 0 aliphatic rings. The van der Waals surface area contributed by atoms with Gasteiger partial charge < -0.3 is 35.2 Å². The number of hydrogen-bond acceptors (Lipinski definition) is 7. The Hall–Kier alpha value is -2.46. The monoisotopic (exact) mass is 515 g/mol. The number of carboxylic acid groups (broad SMARTS) is 1. The lowest BCUT2D eigenvalue weighted by Gasteiger charge is -2.22. The van der Waals surface area contributed by atoms with Crippen LogP contribution in [0.5, 0.6) is 0 Å². The van der Waals surface area contributed by atoms with Crippen molar-refractivity contribution in [2.45, 2.75) is 58.5 Å². The molecular weight excluding hydrogens is 477 g/mol. The van der Waals surface area contributed by atoms with Crippen molar-refractivity contribution in [1.82, 2.24) is 16.0 Å². The molecule has 198 valence electrons. The summed E-state index contributed by atoms with van der Waals surface area (Å²) < 4.78 is 22.6. The molecule has 0 aliphatic carbocycles. The molecule has 0 saturated heterocycles. The van der Waals surface area contributed by atoms with E-state index in [0.29, 0.717) is 19.3 Å². The molecule has 2 atom stereocenters. The standard InChI is InChI=1S/C23H38N3O8P/c1-4-33-35(32,34-5-2)16-21(28)24-12-7-6-11-20(26-23(30)31)22(29)25-19(15-27)14-18-10-8-9-17(3)13-18/h8-10,13,19-20,26-27H,4-7,11-12,14-16H2,1-3H3,(H,24,28)(H,25,29)(H,30,31). The molecule has 0 heterocycles. The number of aliphatic hydroxyl groups excluding tert-OH is 1. The number of nitrogens with one attached hydrogen (secondary N) is 3. The number of benzene rings is 1. The van der Waals surface area contributed by atoms with Gasteiger partial charge in [0, 0.05) is 6.54 Å². The largest absolute Gasteiger partial charge is 0.465 e. The van der Waals surface area contributed by atoms with Crippen LogP contribution in [0, 0.1) is 6.92 Å². The van der Waals surface area contributed by atoms with Gasteiger partial charge in [0.15, 0.2) is 0 Å². The van der Waals surface area contributed by atoms with Crippen LogP contribution in [0.1, 0.15) is 44.2 Å². The average molecular weight is 516 g/mol. The topological polar surface area (TPSA) is 163 Å². The summed E-state index contributed by atoms with van der Waals surface area (Å²) in [6.07, 6.45) is -0.202. The molecule has 5 N–H and O–H groups in total. The molecule has 35 heavy (non-hydrogen) atoms. The van der Waals surface area contributed by atoms with Gasteiger partial charge in [-0.2, -0.15) is 0 Å². The van der Waals surface area contributed by atoms with E-state index in [1.807, 2.05) is 31.2 Å². The summed E-state index contributed by atoms with van der Waals surface area (Å²) in [6.45, 7) is 5.55. The zero-order valence-corrected chi connectivity index (χ0v) is 21.5. The average Bonchev–Trinajstić information content (AvgIpc) is 2.77. The quantitative estimate of drug-likeness (QED) is 0.156. The van der Waals surface area contributed by atoms with Crippen molar-refractivity contribution >= 4 is 25.5 Å². The first-order chi connectivity index (χ1) is 16.6. The Kier molecular flexibility index (Phi) is 14.2. The zero-order valence-electron chi connectivity index (χ0n) is 20.6. The molecule has 0 aliphatic heterocycles. The van der Waals surface area contributed by atoms with Gasteiger partial charge in [-0.25, -0.2) is 4.79 Å². The van der Waals surface area contributed by atoms with Crippen LogP contribution < -0.4 is 16.0 Å². The van der Waals surface area contributed by atoms with Crippen LogP contribution in [0.3, 0.4) is 0 Å². The fraction of sp³-hybridized carbons (Fsp3) is 0.609. The molecule has 0 aromatic heterocycles. The minimum Gasteiger partial charge on any atom is -0.465 e. The van der Waals surface area contributed by atoms with Crippen LogP contribution in [-0.4, -0.2) is 72.7 Å². The number of carbonyl (C=O) groups is 3. The minimum absolute atomic E-state index is 0.159. The van der Waals surface area contributed by atoms with Crippen molar-refractivity contribution in [3.8, 4) is 0 Å². The second kappa shape index (κ2) is 16.3. The highest BCUT2D eigenvalue weighted by atomic mass is 31.2. The summed E-state index contributed by atoms with van der Waals surface area (Å²) in [5.41, 5.74) is 2.00. The molecular formula is C23H38N3O8P. The van der Waals surface area contributed by atoms with Crippen molar-refractivity contribution < 1.29 is 38.2 Å². The molecule has 0 fully saturated rings. The van der Waals surface area contributed by atoms with Crippen LogP contribution in [0.4, 0.5) is 4.79 Å². The van der Waals surface area contributed by atoms with E-state index < -0.39 is 37.6 Å². The number of carbonyl (C=O) groups excluding carboxylic acids is 2. The van der Waals surface area contributed by atoms with Crippen LogP contribution in [-0.2, 0) is 29.6 Å². The highest BCUT2D eigenvalue weighted by Gasteiger charge is 2.27. The first-order valence-electron chi connectivity index (χ1n) is 11.7. The van der Waals surface area contributed by atoms with Crippen molar-refractivity contribution in [3.05, 3.63) is 35.4 Å². The second-order valence-electron chi connectivity index (χ2n) is 8.03. The van der Waals surface area contributed by atoms with Crippen molar-refractivity contribution in [3.63, 3.8) is 0 Å². The Labute approximate surface area is 206 Å². The van der Waals surface area contributed by atoms with Gasteiger partial charge in [0.25, 0.3) is 0 Å². The molecule has 11 nitrogen and oxygen atoms in total. The first kappa shape index (κ1) is 30.6. The number of hydrogen-bond donors (Lipinski definition) is 5. The van der Waals surface area contributed by atoms with E-state index in [2.05, 4.69) is 16.0 Å². The zero-order chi connectivity index (χ0) is 26.3. The lowest BCUT2D eigenvalue weighted by molar-refractivity contribution is -0.124. The highest BCUT2D eigenvalue weighted by Crippen LogP contribution is 2.47. The van der Waals surface area contributed by atoms with Crippen LogP contribution in [0.25, 0.3) is 0 Å². The molecule has 0 bridgehead atoms. The van der Waals surface area contributed by atoms with E-state index in [4.69, 9.17) is 14.2 Å². The Balaban J connectivity index is 2.53. The van der Waals surface area contributed by atoms with Crippen molar-refractivity contribution in [2.24, 2.45) is 0 Å². The van der Waals surface area contributed by atoms with Crippen LogP contribution >= 0.6 is 7.60 Å². The smallest absolute Gasteiger partial charge is 0.405 e. The normalized spacial score (nSPS) is 13.0. The lowest BCUT2D eigenvalue weighted by atomic mass is 10.0. The third-order valence-electron chi connectivity index (χ3n) is 4.98. The predicted molar refractivity (Wildman–Crippen MR) is 131 cm³/mol. The number of unbranched alkanes of at least 4 members (excludes halogenated alkanes) is 1. The molecule has 1 rings (SSSR count). The third kappa shape index (κ3) is 12.7. The van der Waals surface area contributed by atoms with Gasteiger partial charge in [0.1, 0.15) is 12.2 Å². The number of aryl methyl sites for hydroxylation is 1. The summed E-state index contributed by atoms with van der Waals surface area (Å²) in [4.78, 5) is 35.9. The van der Waals surface area contributed by atoms with E-state index in [9.17, 15) is 24.1 Å². The predicted octanol–water partition coefficient (Wildman–Crippen LogP) is 2.20. The molecule has 0 saturated carbocycles. The van der Waals surface area contributed by atoms with Crippen molar-refractivity contribution in [1.29, 1.82) is 0 Å². The van der Waals surface area contributed by atoms with Gasteiger partial charge in [-0.05, 0) is 52.0 Å². The summed E-state index contributed by atoms with van der Waals surface area (Å²) in [6, 6.07) is 6.12. The van der Waals surface area contributed by atoms with Gasteiger partial charge >= 0.3 is 13.7 Å². The molecule has 2 unspecified atom stereocenters. The maximum Gasteiger partial charge on any atom is 0.405 e. The van der Waals surface area contributed by atoms with Gasteiger partial charge in [-0.1, -0.05) is 29.8 Å². The summed E-state index contributed by atoms with van der Waals surface area (Å²) in [7, 11) is -3.48. The summed E-state index contributed by atoms with van der Waals surface area (Å²) in [5.74, 6) is -1.01. The SMILES string of the molecule is CCOP(=O)(CC(=O)NCCCCC(NC(=O)O)C(=O)NC(CO)Cc1cccc(C)c1)OCC. The fourth-order valence-electron chi connectivity index (χ4n) is 3.46. The highest BCUT2D eigenvalue weighted by molar-refractivity contribution is 7.54. The van der Waals surface area contributed by atoms with Crippen LogP contribution in [0.15, 0.2) is 24.3 Å². The molecule has 0 spiro atoms. The summed E-state index contributed by atoms with van der Waals surface area (Å²) >= 11 is 0. The Bertz CT molecular complexity index is 857. The number of amides is 3. The Morgan fingerprint density at radius 2 is 1.77 bits per heavy atom. The minimum atomic E-state index is -3.48. The number of aliphatic hydroxyl groups is 1. The van der Waals surface area contributed by atoms with E-state index >= 15 is 0 Å².